The van der Waals surface area contributed by atoms with Gasteiger partial charge in [0.05, 0.1) is 24.0 Å². The number of primary amides is 1. The van der Waals surface area contributed by atoms with Gasteiger partial charge in [-0.2, -0.15) is 5.10 Å². The zero-order chi connectivity index (χ0) is 27.0. The normalized spacial score (nSPS) is 11.7. The zero-order valence-electron chi connectivity index (χ0n) is 20.3. The fourth-order valence-electron chi connectivity index (χ4n) is 3.81. The van der Waals surface area contributed by atoms with Gasteiger partial charge in [0, 0.05) is 36.3 Å². The molecule has 0 bridgehead atoms. The molecule has 4 aromatic rings. The van der Waals surface area contributed by atoms with Crippen LogP contribution in [0.2, 0.25) is 0 Å². The first-order chi connectivity index (χ1) is 18.3. The van der Waals surface area contributed by atoms with E-state index in [2.05, 4.69) is 35.8 Å². The molecule has 2 aromatic heterocycles. The molecule has 2 aromatic carbocycles. The van der Waals surface area contributed by atoms with Gasteiger partial charge < -0.3 is 25.8 Å². The van der Waals surface area contributed by atoms with Crippen molar-refractivity contribution in [3.63, 3.8) is 0 Å². The van der Waals surface area contributed by atoms with Crippen molar-refractivity contribution in [3.05, 3.63) is 60.3 Å². The molecule has 14 heteroatoms. The number of hydrogen-bond acceptors (Lipinski definition) is 8. The van der Waals surface area contributed by atoms with Crippen LogP contribution in [-0.4, -0.2) is 63.5 Å². The zero-order valence-corrected chi connectivity index (χ0v) is 20.3. The van der Waals surface area contributed by atoms with Crippen molar-refractivity contribution in [2.45, 2.75) is 25.7 Å². The Hall–Kier alpha value is -4.17. The van der Waals surface area contributed by atoms with Crippen LogP contribution < -0.4 is 21.1 Å². The minimum atomic E-state index is -4.86. The molecule has 0 unspecified atom stereocenters. The highest BCUT2D eigenvalue weighted by Gasteiger charge is 2.31. The molecule has 0 radical (unpaired) electrons. The number of halogens is 3. The second-order valence-corrected chi connectivity index (χ2v) is 8.39. The van der Waals surface area contributed by atoms with Gasteiger partial charge in [-0.3, -0.25) is 14.5 Å². The third-order valence-electron chi connectivity index (χ3n) is 5.53. The smallest absolute Gasteiger partial charge is 0.406 e. The van der Waals surface area contributed by atoms with Gasteiger partial charge in [-0.15, -0.1) is 23.4 Å². The molecule has 0 aliphatic carbocycles. The monoisotopic (exact) mass is 532 g/mol. The van der Waals surface area contributed by atoms with Gasteiger partial charge in [0.15, 0.2) is 0 Å². The molecule has 11 nitrogen and oxygen atoms in total. The molecule has 5 N–H and O–H groups in total. The van der Waals surface area contributed by atoms with E-state index >= 15 is 0 Å². The maximum absolute atomic E-state index is 12.5. The average Bonchev–Trinajstić information content (AvgIpc) is 3.56. The van der Waals surface area contributed by atoms with E-state index in [1.165, 1.54) is 12.1 Å². The largest absolute Gasteiger partial charge is 0.573 e. The Morgan fingerprint density at radius 1 is 1.05 bits per heavy atom. The fraction of sp³-hybridized carbons (Fsp3) is 0.333. The van der Waals surface area contributed by atoms with Gasteiger partial charge in [0.1, 0.15) is 18.4 Å². The van der Waals surface area contributed by atoms with Crippen molar-refractivity contribution in [1.29, 1.82) is 0 Å². The Morgan fingerprint density at radius 3 is 2.63 bits per heavy atom. The Labute approximate surface area is 215 Å². The van der Waals surface area contributed by atoms with Gasteiger partial charge in [-0.05, 0) is 55.3 Å². The highest BCUT2D eigenvalue weighted by molar-refractivity contribution is 5.93. The number of carbonyl (C=O) groups is 1. The van der Waals surface area contributed by atoms with Gasteiger partial charge in [-0.25, -0.2) is 0 Å². The first-order valence-corrected chi connectivity index (χ1v) is 11.8. The standard InChI is InChI=1S/C24H27F3N8O3/c25-24(26,27)38-19-8-16(7-17(9-19)23(28)36)12-29-3-1-2-5-37-6-4-30-21-10-18(35-14-32-33-15-35)11-22-20(21)13-31-34-22/h7-11,13-15,29-30H,1-6,12H2,(H2,28,36)(H,31,34). The van der Waals surface area contributed by atoms with Crippen LogP contribution in [-0.2, 0) is 11.3 Å². The van der Waals surface area contributed by atoms with Gasteiger partial charge in [-0.1, -0.05) is 0 Å². The van der Waals surface area contributed by atoms with Gasteiger partial charge in [0.2, 0.25) is 5.91 Å². The highest BCUT2D eigenvalue weighted by Crippen LogP contribution is 2.26. The Bertz CT molecular complexity index is 1340. The van der Waals surface area contributed by atoms with E-state index in [0.29, 0.717) is 31.9 Å². The number of nitrogens with two attached hydrogens (primary N) is 1. The number of H-pyrrole nitrogens is 1. The molecule has 38 heavy (non-hydrogen) atoms. The van der Waals surface area contributed by atoms with Crippen LogP contribution in [0.3, 0.4) is 0 Å². The van der Waals surface area contributed by atoms with Crippen LogP contribution in [0.25, 0.3) is 16.6 Å². The number of nitrogens with zero attached hydrogens (tertiary/aromatic N) is 4. The maximum Gasteiger partial charge on any atom is 0.573 e. The predicted molar refractivity (Wildman–Crippen MR) is 133 cm³/mol. The lowest BCUT2D eigenvalue weighted by Gasteiger charge is -2.12. The van der Waals surface area contributed by atoms with Crippen molar-refractivity contribution in [1.82, 2.24) is 30.3 Å². The van der Waals surface area contributed by atoms with E-state index in [1.807, 2.05) is 12.1 Å². The number of anilines is 1. The molecule has 202 valence electrons. The highest BCUT2D eigenvalue weighted by atomic mass is 19.4. The number of fused-ring (bicyclic) bond motifs is 1. The summed E-state index contributed by atoms with van der Waals surface area (Å²) in [4.78, 5) is 11.4. The number of aromatic nitrogens is 5. The first-order valence-electron chi connectivity index (χ1n) is 11.8. The summed E-state index contributed by atoms with van der Waals surface area (Å²) in [6.07, 6.45) is 1.74. The summed E-state index contributed by atoms with van der Waals surface area (Å²) in [5, 5.41) is 22.2. The molecule has 4 rings (SSSR count). The van der Waals surface area contributed by atoms with Crippen molar-refractivity contribution in [2.75, 3.05) is 31.6 Å². The number of nitrogens with one attached hydrogen (secondary N) is 3. The number of rotatable bonds is 14. The fourth-order valence-corrected chi connectivity index (χ4v) is 3.81. The third kappa shape index (κ3) is 7.66. The summed E-state index contributed by atoms with van der Waals surface area (Å²) in [5.41, 5.74) is 8.32. The molecular formula is C24H27F3N8O3. The number of hydrogen-bond donors (Lipinski definition) is 4. The first kappa shape index (κ1) is 26.9. The summed E-state index contributed by atoms with van der Waals surface area (Å²) in [6, 6.07) is 7.59. The van der Waals surface area contributed by atoms with E-state index in [1.54, 1.807) is 23.4 Å². The molecule has 0 spiro atoms. The van der Waals surface area contributed by atoms with E-state index in [0.717, 1.165) is 41.2 Å². The molecule has 1 amide bonds. The van der Waals surface area contributed by atoms with E-state index < -0.39 is 18.0 Å². The van der Waals surface area contributed by atoms with Crippen LogP contribution in [0.5, 0.6) is 5.75 Å². The molecule has 0 aliphatic rings. The van der Waals surface area contributed by atoms with Crippen molar-refractivity contribution >= 4 is 22.5 Å². The summed E-state index contributed by atoms with van der Waals surface area (Å²) < 4.78 is 49.0. The molecular weight excluding hydrogens is 505 g/mol. The number of ether oxygens (including phenoxy) is 2. The van der Waals surface area contributed by atoms with E-state index in [-0.39, 0.29) is 12.1 Å². The number of amides is 1. The maximum atomic E-state index is 12.5. The predicted octanol–water partition coefficient (Wildman–Crippen LogP) is 3.14. The van der Waals surface area contributed by atoms with Crippen molar-refractivity contribution in [2.24, 2.45) is 5.73 Å². The molecule has 0 saturated heterocycles. The minimum absolute atomic E-state index is 0.0514. The van der Waals surface area contributed by atoms with Crippen LogP contribution >= 0.6 is 0 Å². The Morgan fingerprint density at radius 2 is 1.87 bits per heavy atom. The second-order valence-electron chi connectivity index (χ2n) is 8.39. The van der Waals surface area contributed by atoms with E-state index in [4.69, 9.17) is 10.5 Å². The lowest BCUT2D eigenvalue weighted by atomic mass is 10.1. The SMILES string of the molecule is NC(=O)c1cc(CNCCCCOCCNc2cc(-n3cnnc3)cc3[nH]ncc23)cc(OC(F)(F)F)c1. The number of aromatic amines is 1. The lowest BCUT2D eigenvalue weighted by Crippen LogP contribution is -2.20. The van der Waals surface area contributed by atoms with Crippen molar-refractivity contribution in [3.8, 4) is 11.4 Å². The minimum Gasteiger partial charge on any atom is -0.406 e. The molecule has 0 atom stereocenters. The summed E-state index contributed by atoms with van der Waals surface area (Å²) in [5.74, 6) is -1.31. The summed E-state index contributed by atoms with van der Waals surface area (Å²) >= 11 is 0. The Balaban J connectivity index is 1.14. The van der Waals surface area contributed by atoms with E-state index in [9.17, 15) is 18.0 Å². The van der Waals surface area contributed by atoms with Crippen LogP contribution in [0.15, 0.2) is 49.2 Å². The van der Waals surface area contributed by atoms with Crippen LogP contribution in [0.4, 0.5) is 18.9 Å². The molecule has 0 saturated carbocycles. The lowest BCUT2D eigenvalue weighted by molar-refractivity contribution is -0.274. The molecule has 0 fully saturated rings. The summed E-state index contributed by atoms with van der Waals surface area (Å²) in [7, 11) is 0. The number of alkyl halides is 3. The topological polar surface area (TPSA) is 145 Å². The average molecular weight is 533 g/mol. The second kappa shape index (κ2) is 12.4. The van der Waals surface area contributed by atoms with Gasteiger partial charge in [0.25, 0.3) is 0 Å². The van der Waals surface area contributed by atoms with Crippen LogP contribution in [0, 0.1) is 0 Å². The number of benzene rings is 2. The summed E-state index contributed by atoms with van der Waals surface area (Å²) in [6.45, 7) is 2.54. The quantitative estimate of drug-likeness (QED) is 0.181. The van der Waals surface area contributed by atoms with Gasteiger partial charge >= 0.3 is 6.36 Å². The number of unbranched alkanes of at least 4 members (excludes halogenated alkanes) is 1. The van der Waals surface area contributed by atoms with Crippen molar-refractivity contribution < 1.29 is 27.4 Å². The third-order valence-corrected chi connectivity index (χ3v) is 5.53. The number of carbonyl (C=O) groups excluding carboxylic acids is 1. The Kier molecular flexibility index (Phi) is 8.76. The molecule has 0 aliphatic heterocycles. The van der Waals surface area contributed by atoms with Crippen LogP contribution in [0.1, 0.15) is 28.8 Å². The molecule has 2 heterocycles.